The van der Waals surface area contributed by atoms with E-state index >= 15 is 0 Å². The van der Waals surface area contributed by atoms with Gasteiger partial charge in [-0.1, -0.05) is 18.2 Å². The van der Waals surface area contributed by atoms with E-state index in [0.717, 1.165) is 5.69 Å². The lowest BCUT2D eigenvalue weighted by molar-refractivity contribution is -0.136. The van der Waals surface area contributed by atoms with Gasteiger partial charge in [-0.15, -0.1) is 0 Å². The zero-order valence-electron chi connectivity index (χ0n) is 8.00. The molecule has 80 valence electrons. The molecule has 3 N–H and O–H groups in total. The van der Waals surface area contributed by atoms with Gasteiger partial charge in [-0.3, -0.25) is 15.2 Å². The van der Waals surface area contributed by atoms with Crippen LogP contribution in [0.15, 0.2) is 30.3 Å². The van der Waals surface area contributed by atoms with Crippen LogP contribution in [0.2, 0.25) is 0 Å². The van der Waals surface area contributed by atoms with Crippen molar-refractivity contribution in [2.75, 3.05) is 11.6 Å². The van der Waals surface area contributed by atoms with E-state index in [0.29, 0.717) is 0 Å². The van der Waals surface area contributed by atoms with Crippen molar-refractivity contribution in [3.63, 3.8) is 0 Å². The Bertz CT molecular complexity index is 353. The Morgan fingerprint density at radius 1 is 1.33 bits per heavy atom. The van der Waals surface area contributed by atoms with Crippen LogP contribution in [0.4, 0.5) is 5.69 Å². The lowest BCUT2D eigenvalue weighted by Gasteiger charge is -2.17. The highest BCUT2D eigenvalue weighted by Crippen LogP contribution is 2.19. The summed E-state index contributed by atoms with van der Waals surface area (Å²) in [6.45, 7) is 0.264. The largest absolute Gasteiger partial charge is 0.367 e. The monoisotopic (exact) mass is 208 g/mol. The summed E-state index contributed by atoms with van der Waals surface area (Å²) >= 11 is 0. The first-order valence-electron chi connectivity index (χ1n) is 4.67. The minimum absolute atomic E-state index is 0.264. The molecule has 5 heteroatoms. The molecule has 1 heterocycles. The van der Waals surface area contributed by atoms with Gasteiger partial charge in [0.05, 0.1) is 12.2 Å². The predicted molar refractivity (Wildman–Crippen MR) is 53.6 cm³/mol. The van der Waals surface area contributed by atoms with Crippen LogP contribution in [0, 0.1) is 5.92 Å². The molecule has 0 aromatic heterocycles. The lowest BCUT2D eigenvalue weighted by Crippen LogP contribution is -2.33. The van der Waals surface area contributed by atoms with Crippen LogP contribution in [-0.2, 0) is 4.79 Å². The van der Waals surface area contributed by atoms with Crippen molar-refractivity contribution in [2.45, 2.75) is 6.29 Å². The van der Waals surface area contributed by atoms with Crippen molar-refractivity contribution in [3.05, 3.63) is 30.3 Å². The Kier molecular flexibility index (Phi) is 2.57. The number of carbonyl (C=O) groups excluding carboxylic acids is 1. The van der Waals surface area contributed by atoms with E-state index in [-0.39, 0.29) is 12.5 Å². The maximum Gasteiger partial charge on any atom is 0.248 e. The Labute approximate surface area is 86.9 Å². The fraction of sp³-hybridized carbons (Fsp3) is 0.300. The fourth-order valence-corrected chi connectivity index (χ4v) is 1.55. The van der Waals surface area contributed by atoms with Gasteiger partial charge in [0.1, 0.15) is 5.92 Å². The quantitative estimate of drug-likeness (QED) is 0.571. The molecule has 0 radical (unpaired) electrons. The number of hydrogen-bond acceptors (Lipinski definition) is 4. The molecule has 0 saturated carbocycles. The number of hydrogen-bond donors (Lipinski definition) is 3. The normalized spacial score (nSPS) is 20.9. The number of rotatable bonds is 2. The van der Waals surface area contributed by atoms with Crippen LogP contribution >= 0.6 is 0 Å². The molecule has 1 aromatic rings. The highest BCUT2D eigenvalue weighted by molar-refractivity contribution is 5.84. The second kappa shape index (κ2) is 3.88. The van der Waals surface area contributed by atoms with Crippen LogP contribution in [0.25, 0.3) is 0 Å². The van der Waals surface area contributed by atoms with Crippen molar-refractivity contribution >= 4 is 11.6 Å². The molecule has 1 aromatic carbocycles. The van der Waals surface area contributed by atoms with E-state index in [4.69, 9.17) is 10.2 Å². The SMILES string of the molecule is O=C1NN(c2ccccc2)CC1C(O)O. The number of nitrogens with one attached hydrogen (secondary N) is 1. The molecule has 0 aliphatic carbocycles. The summed E-state index contributed by atoms with van der Waals surface area (Å²) < 4.78 is 0. The first-order chi connectivity index (χ1) is 7.18. The van der Waals surface area contributed by atoms with Gasteiger partial charge < -0.3 is 10.2 Å². The van der Waals surface area contributed by atoms with E-state index in [1.54, 1.807) is 5.01 Å². The summed E-state index contributed by atoms with van der Waals surface area (Å²) in [6, 6.07) is 9.26. The number of para-hydroxylation sites is 1. The summed E-state index contributed by atoms with van der Waals surface area (Å²) in [4.78, 5) is 11.3. The van der Waals surface area contributed by atoms with Crippen molar-refractivity contribution in [2.24, 2.45) is 5.92 Å². The van der Waals surface area contributed by atoms with Crippen molar-refractivity contribution in [1.29, 1.82) is 0 Å². The highest BCUT2D eigenvalue weighted by Gasteiger charge is 2.35. The number of amides is 1. The Balaban J connectivity index is 2.13. The molecule has 5 nitrogen and oxygen atoms in total. The molecule has 1 saturated heterocycles. The van der Waals surface area contributed by atoms with Gasteiger partial charge in [-0.25, -0.2) is 0 Å². The number of nitrogens with zero attached hydrogens (tertiary/aromatic N) is 1. The molecule has 1 unspecified atom stereocenters. The Hall–Kier alpha value is -1.59. The van der Waals surface area contributed by atoms with Gasteiger partial charge in [-0.2, -0.15) is 0 Å². The van der Waals surface area contributed by atoms with E-state index in [9.17, 15) is 4.79 Å². The maximum atomic E-state index is 11.3. The molecular weight excluding hydrogens is 196 g/mol. The van der Waals surface area contributed by atoms with Gasteiger partial charge in [0.25, 0.3) is 0 Å². The van der Waals surface area contributed by atoms with Gasteiger partial charge >= 0.3 is 0 Å². The smallest absolute Gasteiger partial charge is 0.248 e. The first-order valence-corrected chi connectivity index (χ1v) is 4.67. The number of hydrazine groups is 1. The third-order valence-corrected chi connectivity index (χ3v) is 2.39. The highest BCUT2D eigenvalue weighted by atomic mass is 16.5. The Morgan fingerprint density at radius 2 is 2.00 bits per heavy atom. The van der Waals surface area contributed by atoms with Crippen LogP contribution in [0.3, 0.4) is 0 Å². The molecule has 0 bridgehead atoms. The van der Waals surface area contributed by atoms with E-state index in [1.165, 1.54) is 0 Å². The van der Waals surface area contributed by atoms with E-state index in [2.05, 4.69) is 5.43 Å². The molecule has 0 spiro atoms. The molecular formula is C10H12N2O3. The summed E-state index contributed by atoms with van der Waals surface area (Å²) in [5, 5.41) is 19.5. The molecule has 1 amide bonds. The van der Waals surface area contributed by atoms with Crippen LogP contribution in [0.5, 0.6) is 0 Å². The van der Waals surface area contributed by atoms with Gasteiger partial charge in [0, 0.05) is 0 Å². The summed E-state index contributed by atoms with van der Waals surface area (Å²) in [6.07, 6.45) is -1.61. The van der Waals surface area contributed by atoms with Crippen LogP contribution in [-0.4, -0.2) is 29.0 Å². The zero-order chi connectivity index (χ0) is 10.8. The van der Waals surface area contributed by atoms with Gasteiger partial charge in [0.2, 0.25) is 5.91 Å². The number of benzene rings is 1. The number of aliphatic hydroxyl groups excluding tert-OH is 1. The minimum Gasteiger partial charge on any atom is -0.367 e. The summed E-state index contributed by atoms with van der Waals surface area (Å²) in [5.41, 5.74) is 3.40. The second-order valence-corrected chi connectivity index (χ2v) is 3.44. The second-order valence-electron chi connectivity index (χ2n) is 3.44. The van der Waals surface area contributed by atoms with Crippen LogP contribution < -0.4 is 10.4 Å². The van der Waals surface area contributed by atoms with Crippen molar-refractivity contribution < 1.29 is 15.0 Å². The summed E-state index contributed by atoms with van der Waals surface area (Å²) in [5.74, 6) is -1.15. The zero-order valence-corrected chi connectivity index (χ0v) is 8.00. The number of aliphatic hydroxyl groups is 2. The average molecular weight is 208 g/mol. The standard InChI is InChI=1S/C10H12N2O3/c13-9-8(10(14)15)6-12(11-9)7-4-2-1-3-5-7/h1-5,8,10,14-15H,6H2,(H,11,13). The van der Waals surface area contributed by atoms with Crippen LogP contribution in [0.1, 0.15) is 0 Å². The maximum absolute atomic E-state index is 11.3. The van der Waals surface area contributed by atoms with Gasteiger partial charge in [-0.05, 0) is 12.1 Å². The molecule has 1 atom stereocenters. The molecule has 1 fully saturated rings. The van der Waals surface area contributed by atoms with Gasteiger partial charge in [0.15, 0.2) is 6.29 Å². The molecule has 15 heavy (non-hydrogen) atoms. The molecule has 2 rings (SSSR count). The number of carbonyl (C=O) groups is 1. The van der Waals surface area contributed by atoms with E-state index in [1.807, 2.05) is 30.3 Å². The third kappa shape index (κ3) is 1.93. The lowest BCUT2D eigenvalue weighted by atomic mass is 10.1. The van der Waals surface area contributed by atoms with Crippen molar-refractivity contribution in [1.82, 2.24) is 5.43 Å². The topological polar surface area (TPSA) is 72.8 Å². The Morgan fingerprint density at radius 3 is 2.53 bits per heavy atom. The molecule has 1 aliphatic rings. The predicted octanol–water partition coefficient (Wildman–Crippen LogP) is -0.535. The number of anilines is 1. The minimum atomic E-state index is -1.61. The van der Waals surface area contributed by atoms with Crippen molar-refractivity contribution in [3.8, 4) is 0 Å². The fourth-order valence-electron chi connectivity index (χ4n) is 1.55. The third-order valence-electron chi connectivity index (χ3n) is 2.39. The molecule has 1 aliphatic heterocycles. The first kappa shape index (κ1) is 9.95. The average Bonchev–Trinajstić information content (AvgIpc) is 2.62. The summed E-state index contributed by atoms with van der Waals surface area (Å²) in [7, 11) is 0. The van der Waals surface area contributed by atoms with E-state index < -0.39 is 12.2 Å².